The molecule has 1 heterocycles. The zero-order valence-electron chi connectivity index (χ0n) is 7.49. The molecule has 0 saturated carbocycles. The summed E-state index contributed by atoms with van der Waals surface area (Å²) in [7, 11) is 0. The molecule has 0 aromatic carbocycles. The predicted molar refractivity (Wildman–Crippen MR) is 47.3 cm³/mol. The summed E-state index contributed by atoms with van der Waals surface area (Å²) in [6.07, 6.45) is 2.00. The molecule has 0 aliphatic heterocycles. The van der Waals surface area contributed by atoms with E-state index in [1.165, 1.54) is 6.26 Å². The second kappa shape index (κ2) is 4.67. The van der Waals surface area contributed by atoms with Gasteiger partial charge in [0.2, 0.25) is 0 Å². The first-order valence-electron chi connectivity index (χ1n) is 4.19. The van der Waals surface area contributed by atoms with Crippen LogP contribution in [0.5, 0.6) is 0 Å². The van der Waals surface area contributed by atoms with E-state index in [1.54, 1.807) is 12.1 Å². The molecule has 1 rings (SSSR count). The fraction of sp³-hybridized carbons (Fsp3) is 0.444. The summed E-state index contributed by atoms with van der Waals surface area (Å²) >= 11 is 0. The van der Waals surface area contributed by atoms with Crippen LogP contribution in [0.15, 0.2) is 22.8 Å². The molecule has 0 fully saturated rings. The second-order valence-electron chi connectivity index (χ2n) is 2.86. The van der Waals surface area contributed by atoms with Crippen molar-refractivity contribution in [1.29, 1.82) is 0 Å². The van der Waals surface area contributed by atoms with E-state index >= 15 is 0 Å². The van der Waals surface area contributed by atoms with Gasteiger partial charge < -0.3 is 14.8 Å². The number of carbonyl (C=O) groups excluding carboxylic acids is 1. The van der Waals surface area contributed by atoms with Crippen LogP contribution in [0.3, 0.4) is 0 Å². The molecule has 1 atom stereocenters. The molecule has 72 valence electrons. The lowest BCUT2D eigenvalue weighted by Crippen LogP contribution is -2.32. The van der Waals surface area contributed by atoms with Crippen molar-refractivity contribution in [3.63, 3.8) is 0 Å². The summed E-state index contributed by atoms with van der Waals surface area (Å²) in [6.45, 7) is 1.90. The minimum absolute atomic E-state index is 0.0393. The molecule has 0 aliphatic carbocycles. The van der Waals surface area contributed by atoms with Crippen LogP contribution in [0.1, 0.15) is 23.9 Å². The molecular formula is C9H13NO3. The Morgan fingerprint density at radius 2 is 2.54 bits per heavy atom. The van der Waals surface area contributed by atoms with Crippen molar-refractivity contribution >= 4 is 5.91 Å². The minimum atomic E-state index is -0.244. The highest BCUT2D eigenvalue weighted by atomic mass is 16.3. The number of aliphatic hydroxyl groups is 1. The Morgan fingerprint density at radius 3 is 3.08 bits per heavy atom. The van der Waals surface area contributed by atoms with Crippen molar-refractivity contribution in [2.45, 2.75) is 19.4 Å². The van der Waals surface area contributed by atoms with Gasteiger partial charge in [-0.2, -0.15) is 0 Å². The van der Waals surface area contributed by atoms with Crippen LogP contribution in [0, 0.1) is 0 Å². The SMILES string of the molecule is CC(CCO)NC(=O)c1ccco1. The smallest absolute Gasteiger partial charge is 0.287 e. The molecule has 1 aromatic heterocycles. The molecule has 0 radical (unpaired) electrons. The third kappa shape index (κ3) is 2.91. The molecule has 13 heavy (non-hydrogen) atoms. The van der Waals surface area contributed by atoms with Crippen LogP contribution in [0.2, 0.25) is 0 Å². The summed E-state index contributed by atoms with van der Waals surface area (Å²) in [4.78, 5) is 11.3. The molecule has 0 bridgehead atoms. The molecule has 0 spiro atoms. The van der Waals surface area contributed by atoms with Gasteiger partial charge in [-0.25, -0.2) is 0 Å². The Bertz CT molecular complexity index is 256. The Hall–Kier alpha value is -1.29. The van der Waals surface area contributed by atoms with Crippen LogP contribution >= 0.6 is 0 Å². The molecule has 2 N–H and O–H groups in total. The molecule has 4 nitrogen and oxygen atoms in total. The second-order valence-corrected chi connectivity index (χ2v) is 2.86. The fourth-order valence-corrected chi connectivity index (χ4v) is 0.968. The van der Waals surface area contributed by atoms with Crippen molar-refractivity contribution < 1.29 is 14.3 Å². The van der Waals surface area contributed by atoms with E-state index in [1.807, 2.05) is 6.92 Å². The average molecular weight is 183 g/mol. The fourth-order valence-electron chi connectivity index (χ4n) is 0.968. The number of hydrogen-bond acceptors (Lipinski definition) is 3. The van der Waals surface area contributed by atoms with E-state index in [0.29, 0.717) is 12.2 Å². The zero-order chi connectivity index (χ0) is 9.68. The van der Waals surface area contributed by atoms with E-state index < -0.39 is 0 Å². The Balaban J connectivity index is 2.42. The maximum Gasteiger partial charge on any atom is 0.287 e. The molecule has 1 unspecified atom stereocenters. The lowest BCUT2D eigenvalue weighted by Gasteiger charge is -2.10. The molecule has 1 amide bonds. The monoisotopic (exact) mass is 183 g/mol. The van der Waals surface area contributed by atoms with Gasteiger partial charge in [-0.1, -0.05) is 0 Å². The van der Waals surface area contributed by atoms with Crippen molar-refractivity contribution in [3.05, 3.63) is 24.2 Å². The summed E-state index contributed by atoms with van der Waals surface area (Å²) in [6, 6.07) is 3.22. The van der Waals surface area contributed by atoms with Gasteiger partial charge in [-0.15, -0.1) is 0 Å². The van der Waals surface area contributed by atoms with Gasteiger partial charge in [0.15, 0.2) is 5.76 Å². The molecule has 1 aromatic rings. The highest BCUT2D eigenvalue weighted by Gasteiger charge is 2.10. The first kappa shape index (κ1) is 9.80. The first-order chi connectivity index (χ1) is 6.24. The number of hydrogen-bond donors (Lipinski definition) is 2. The summed E-state index contributed by atoms with van der Waals surface area (Å²) < 4.78 is 4.90. The van der Waals surface area contributed by atoms with Gasteiger partial charge in [-0.3, -0.25) is 4.79 Å². The van der Waals surface area contributed by atoms with Crippen molar-refractivity contribution in [3.8, 4) is 0 Å². The molecular weight excluding hydrogens is 170 g/mol. The number of nitrogens with one attached hydrogen (secondary N) is 1. The summed E-state index contributed by atoms with van der Waals surface area (Å²) in [5, 5.41) is 11.3. The number of furan rings is 1. The van der Waals surface area contributed by atoms with Crippen LogP contribution in [-0.2, 0) is 0 Å². The largest absolute Gasteiger partial charge is 0.459 e. The van der Waals surface area contributed by atoms with Gasteiger partial charge >= 0.3 is 0 Å². The number of carbonyl (C=O) groups is 1. The van der Waals surface area contributed by atoms with Crippen LogP contribution in [0.25, 0.3) is 0 Å². The van der Waals surface area contributed by atoms with Gasteiger partial charge in [0.25, 0.3) is 5.91 Å². The van der Waals surface area contributed by atoms with Gasteiger partial charge in [-0.05, 0) is 25.5 Å². The molecule has 0 aliphatic rings. The molecule has 4 heteroatoms. The third-order valence-corrected chi connectivity index (χ3v) is 1.68. The highest BCUT2D eigenvalue weighted by molar-refractivity contribution is 5.91. The van der Waals surface area contributed by atoms with E-state index in [0.717, 1.165) is 0 Å². The van der Waals surface area contributed by atoms with Crippen molar-refractivity contribution in [2.75, 3.05) is 6.61 Å². The van der Waals surface area contributed by atoms with E-state index in [9.17, 15) is 4.79 Å². The Kier molecular flexibility index (Phi) is 3.52. The van der Waals surface area contributed by atoms with Gasteiger partial charge in [0.1, 0.15) is 0 Å². The van der Waals surface area contributed by atoms with Crippen LogP contribution in [-0.4, -0.2) is 23.7 Å². The first-order valence-corrected chi connectivity index (χ1v) is 4.19. The normalized spacial score (nSPS) is 12.5. The lowest BCUT2D eigenvalue weighted by molar-refractivity contribution is 0.0906. The Labute approximate surface area is 76.6 Å². The van der Waals surface area contributed by atoms with Crippen LogP contribution < -0.4 is 5.32 Å². The zero-order valence-corrected chi connectivity index (χ0v) is 7.49. The Morgan fingerprint density at radius 1 is 1.77 bits per heavy atom. The van der Waals surface area contributed by atoms with Crippen molar-refractivity contribution in [2.24, 2.45) is 0 Å². The van der Waals surface area contributed by atoms with E-state index in [2.05, 4.69) is 5.32 Å². The van der Waals surface area contributed by atoms with Gasteiger partial charge in [0, 0.05) is 12.6 Å². The lowest BCUT2D eigenvalue weighted by atomic mass is 10.2. The van der Waals surface area contributed by atoms with Gasteiger partial charge in [0.05, 0.1) is 6.26 Å². The average Bonchev–Trinajstić information content (AvgIpc) is 2.55. The molecule has 0 saturated heterocycles. The van der Waals surface area contributed by atoms with E-state index in [-0.39, 0.29) is 18.6 Å². The number of rotatable bonds is 4. The third-order valence-electron chi connectivity index (χ3n) is 1.68. The minimum Gasteiger partial charge on any atom is -0.459 e. The number of amides is 1. The number of aliphatic hydroxyl groups excluding tert-OH is 1. The van der Waals surface area contributed by atoms with Crippen molar-refractivity contribution in [1.82, 2.24) is 5.32 Å². The standard InChI is InChI=1S/C9H13NO3/c1-7(4-5-11)10-9(12)8-3-2-6-13-8/h2-3,6-7,11H,4-5H2,1H3,(H,10,12). The quantitative estimate of drug-likeness (QED) is 0.725. The summed E-state index contributed by atoms with van der Waals surface area (Å²) in [5.74, 6) is 0.0516. The van der Waals surface area contributed by atoms with Crippen LogP contribution in [0.4, 0.5) is 0 Å². The summed E-state index contributed by atoms with van der Waals surface area (Å²) in [5.41, 5.74) is 0. The maximum atomic E-state index is 11.3. The maximum absolute atomic E-state index is 11.3. The topological polar surface area (TPSA) is 62.5 Å². The van der Waals surface area contributed by atoms with E-state index in [4.69, 9.17) is 9.52 Å². The highest BCUT2D eigenvalue weighted by Crippen LogP contribution is 2.00. The predicted octanol–water partition coefficient (Wildman–Crippen LogP) is 0.780.